The number of carbonyl (C=O) groups excluding carboxylic acids is 3. The van der Waals surface area contributed by atoms with Crippen molar-refractivity contribution in [3.8, 4) is 0 Å². The molecule has 0 unspecified atom stereocenters. The van der Waals surface area contributed by atoms with Gasteiger partial charge < -0.3 is 18.9 Å². The van der Waals surface area contributed by atoms with E-state index in [0.29, 0.717) is 18.3 Å². The van der Waals surface area contributed by atoms with Crippen LogP contribution in [0.2, 0.25) is 0 Å². The van der Waals surface area contributed by atoms with Crippen LogP contribution in [0.5, 0.6) is 0 Å². The highest BCUT2D eigenvalue weighted by atomic mass is 16.6. The van der Waals surface area contributed by atoms with Crippen LogP contribution in [0.3, 0.4) is 0 Å². The molecule has 1 heterocycles. The fourth-order valence-corrected chi connectivity index (χ4v) is 9.13. The quantitative estimate of drug-likeness (QED) is 0.356. The number of fused-ring (bicyclic) bond motifs is 4. The van der Waals surface area contributed by atoms with Crippen molar-refractivity contribution >= 4 is 17.9 Å². The number of ether oxygens (including phenoxy) is 4. The lowest BCUT2D eigenvalue weighted by molar-refractivity contribution is -0.243. The molecule has 9 atom stereocenters. The Kier molecular flexibility index (Phi) is 5.21. The van der Waals surface area contributed by atoms with Gasteiger partial charge in [-0.2, -0.15) is 0 Å². The van der Waals surface area contributed by atoms with Crippen LogP contribution < -0.4 is 0 Å². The van der Waals surface area contributed by atoms with Crippen LogP contribution in [-0.2, 0) is 33.3 Å². The first-order valence-electron chi connectivity index (χ1n) is 12.6. The van der Waals surface area contributed by atoms with Crippen molar-refractivity contribution in [2.45, 2.75) is 97.4 Å². The van der Waals surface area contributed by atoms with E-state index < -0.39 is 5.41 Å². The normalized spacial score (nSPS) is 49.5. The second kappa shape index (κ2) is 7.43. The zero-order valence-electron chi connectivity index (χ0n) is 20.6. The van der Waals surface area contributed by atoms with Crippen molar-refractivity contribution in [3.63, 3.8) is 0 Å². The van der Waals surface area contributed by atoms with Gasteiger partial charge >= 0.3 is 17.9 Å². The summed E-state index contributed by atoms with van der Waals surface area (Å²) in [5.74, 6) is 0.143. The van der Waals surface area contributed by atoms with Crippen molar-refractivity contribution in [1.82, 2.24) is 0 Å². The SMILES string of the molecule is CC(=O)OC[C@]1(C)[C@H]2C[C@H](OC(C)=O)[C@@]34C[C@@H](CC[C@H]3[C@]2(C)CC[C@H]1OC(C)=O)[C@@]1(CO1)C4. The summed E-state index contributed by atoms with van der Waals surface area (Å²) in [4.78, 5) is 36.1. The number of rotatable bonds is 4. The van der Waals surface area contributed by atoms with Gasteiger partial charge in [0.1, 0.15) is 18.8 Å². The molecule has 0 aromatic carbocycles. The molecule has 0 aromatic rings. The monoisotopic (exact) mass is 462 g/mol. The third-order valence-corrected chi connectivity index (χ3v) is 10.4. The second-order valence-electron chi connectivity index (χ2n) is 12.1. The number of hydrogen-bond donors (Lipinski definition) is 0. The van der Waals surface area contributed by atoms with Crippen LogP contribution in [0, 0.1) is 34.0 Å². The zero-order valence-corrected chi connectivity index (χ0v) is 20.6. The first kappa shape index (κ1) is 23.1. The molecule has 2 bridgehead atoms. The van der Waals surface area contributed by atoms with Crippen molar-refractivity contribution < 1.29 is 33.3 Å². The van der Waals surface area contributed by atoms with Gasteiger partial charge in [-0.1, -0.05) is 13.8 Å². The molecule has 7 heteroatoms. The van der Waals surface area contributed by atoms with E-state index in [4.69, 9.17) is 18.9 Å². The molecule has 0 aromatic heterocycles. The van der Waals surface area contributed by atoms with Gasteiger partial charge in [-0.25, -0.2) is 0 Å². The van der Waals surface area contributed by atoms with Crippen LogP contribution in [0.15, 0.2) is 0 Å². The molecule has 4 aliphatic carbocycles. The molecule has 0 amide bonds. The summed E-state index contributed by atoms with van der Waals surface area (Å²) in [5, 5.41) is 0. The lowest BCUT2D eigenvalue weighted by Crippen LogP contribution is -2.66. The molecule has 0 radical (unpaired) electrons. The molecule has 5 fully saturated rings. The summed E-state index contributed by atoms with van der Waals surface area (Å²) < 4.78 is 23.6. The average molecular weight is 463 g/mol. The molecular formula is C26H38O7. The lowest BCUT2D eigenvalue weighted by atomic mass is 9.40. The van der Waals surface area contributed by atoms with E-state index in [0.717, 1.165) is 45.1 Å². The summed E-state index contributed by atoms with van der Waals surface area (Å²) in [6.45, 7) is 9.87. The maximum atomic E-state index is 12.3. The van der Waals surface area contributed by atoms with Gasteiger partial charge in [-0.15, -0.1) is 0 Å². The van der Waals surface area contributed by atoms with Gasteiger partial charge in [0.2, 0.25) is 0 Å². The molecule has 4 saturated carbocycles. The van der Waals surface area contributed by atoms with Crippen LogP contribution >= 0.6 is 0 Å². The van der Waals surface area contributed by atoms with Gasteiger partial charge in [0.25, 0.3) is 0 Å². The van der Waals surface area contributed by atoms with Crippen LogP contribution in [0.25, 0.3) is 0 Å². The van der Waals surface area contributed by atoms with E-state index in [1.165, 1.54) is 20.8 Å². The largest absolute Gasteiger partial charge is 0.465 e. The van der Waals surface area contributed by atoms with Crippen molar-refractivity contribution in [3.05, 3.63) is 0 Å². The van der Waals surface area contributed by atoms with E-state index in [1.54, 1.807) is 0 Å². The third-order valence-electron chi connectivity index (χ3n) is 10.4. The number of epoxide rings is 1. The molecule has 5 aliphatic rings. The molecule has 0 N–H and O–H groups in total. The number of carbonyl (C=O) groups is 3. The van der Waals surface area contributed by atoms with Gasteiger partial charge in [-0.3, -0.25) is 14.4 Å². The van der Waals surface area contributed by atoms with E-state index in [1.807, 2.05) is 0 Å². The predicted octanol–water partition coefficient (Wildman–Crippen LogP) is 3.81. The molecule has 33 heavy (non-hydrogen) atoms. The van der Waals surface area contributed by atoms with Crippen molar-refractivity contribution in [1.29, 1.82) is 0 Å². The Bertz CT molecular complexity index is 865. The fourth-order valence-electron chi connectivity index (χ4n) is 9.13. The summed E-state index contributed by atoms with van der Waals surface area (Å²) in [5.41, 5.74) is -0.638. The molecule has 7 nitrogen and oxygen atoms in total. The topological polar surface area (TPSA) is 91.4 Å². The smallest absolute Gasteiger partial charge is 0.302 e. The summed E-state index contributed by atoms with van der Waals surface area (Å²) in [6.07, 6.45) is 6.15. The van der Waals surface area contributed by atoms with Crippen LogP contribution in [0.1, 0.15) is 79.6 Å². The second-order valence-corrected chi connectivity index (χ2v) is 12.1. The minimum Gasteiger partial charge on any atom is -0.465 e. The number of esters is 3. The first-order valence-corrected chi connectivity index (χ1v) is 12.6. The maximum absolute atomic E-state index is 12.3. The first-order chi connectivity index (χ1) is 15.5. The number of hydrogen-bond acceptors (Lipinski definition) is 7. The highest BCUT2D eigenvalue weighted by Gasteiger charge is 2.75. The highest BCUT2D eigenvalue weighted by Crippen LogP contribution is 2.75. The highest BCUT2D eigenvalue weighted by molar-refractivity contribution is 5.67. The van der Waals surface area contributed by atoms with Gasteiger partial charge in [0.05, 0.1) is 12.2 Å². The lowest BCUT2D eigenvalue weighted by Gasteiger charge is -2.66. The minimum absolute atomic E-state index is 0.00761. The molecule has 5 rings (SSSR count). The predicted molar refractivity (Wildman–Crippen MR) is 118 cm³/mol. The Labute approximate surface area is 196 Å². The Morgan fingerprint density at radius 3 is 2.18 bits per heavy atom. The molecular weight excluding hydrogens is 424 g/mol. The van der Waals surface area contributed by atoms with Crippen molar-refractivity contribution in [2.24, 2.45) is 34.0 Å². The summed E-state index contributed by atoms with van der Waals surface area (Å²) in [7, 11) is 0. The Balaban J connectivity index is 1.56. The summed E-state index contributed by atoms with van der Waals surface area (Å²) >= 11 is 0. The standard InChI is InChI=1S/C26H38O7/c1-15(27)30-13-24(5)20-10-22(33-17(3)29)25-11-18(26(12-25)14-31-26)6-7-19(25)23(20,4)9-8-21(24)32-16(2)28/h18-22H,6-14H2,1-5H3/t18-,19+,20+,21-,22+,23+,24-,25-,26+/m1/s1. The minimum atomic E-state index is -0.548. The van der Waals surface area contributed by atoms with Crippen LogP contribution in [-0.4, -0.2) is 48.9 Å². The summed E-state index contributed by atoms with van der Waals surface area (Å²) in [6, 6.07) is 0. The van der Waals surface area contributed by atoms with Gasteiger partial charge in [0.15, 0.2) is 0 Å². The Hall–Kier alpha value is -1.63. The Morgan fingerprint density at radius 1 is 0.909 bits per heavy atom. The molecule has 1 saturated heterocycles. The van der Waals surface area contributed by atoms with E-state index >= 15 is 0 Å². The molecule has 1 aliphatic heterocycles. The third kappa shape index (κ3) is 3.35. The fraction of sp³-hybridized carbons (Fsp3) is 0.885. The Morgan fingerprint density at radius 2 is 1.58 bits per heavy atom. The van der Waals surface area contributed by atoms with E-state index in [9.17, 15) is 14.4 Å². The zero-order chi connectivity index (χ0) is 23.8. The van der Waals surface area contributed by atoms with Gasteiger partial charge in [-0.05, 0) is 68.1 Å². The van der Waals surface area contributed by atoms with Crippen LogP contribution in [0.4, 0.5) is 0 Å². The van der Waals surface area contributed by atoms with E-state index in [-0.39, 0.29) is 59.1 Å². The van der Waals surface area contributed by atoms with Gasteiger partial charge in [0, 0.05) is 31.6 Å². The average Bonchev–Trinajstić information content (AvgIpc) is 3.45. The molecule has 2 spiro atoms. The maximum Gasteiger partial charge on any atom is 0.302 e. The molecule has 184 valence electrons. The van der Waals surface area contributed by atoms with E-state index in [2.05, 4.69) is 13.8 Å². The van der Waals surface area contributed by atoms with Crippen molar-refractivity contribution in [2.75, 3.05) is 13.2 Å².